The molecule has 0 atom stereocenters. The van der Waals surface area contributed by atoms with Crippen LogP contribution in [-0.2, 0) is 0 Å². The second-order valence-electron chi connectivity index (χ2n) is 5.75. The van der Waals surface area contributed by atoms with E-state index in [1.165, 1.54) is 12.1 Å². The number of nitrogens with two attached hydrogens (primary N) is 1. The average molecular weight is 334 g/mol. The number of likely N-dealkylation sites (N-methyl/N-ethyl adjacent to an activating group) is 1. The predicted molar refractivity (Wildman–Crippen MR) is 90.5 cm³/mol. The maximum atomic E-state index is 14.0. The molecule has 0 aliphatic carbocycles. The molecular weight excluding hydrogens is 315 g/mol. The van der Waals surface area contributed by atoms with Crippen LogP contribution in [0, 0.1) is 12.7 Å². The molecule has 3 rings (SSSR count). The topological polar surface area (TPSA) is 62.5 Å². The van der Waals surface area contributed by atoms with Gasteiger partial charge < -0.3 is 15.5 Å². The molecule has 2 heterocycles. The van der Waals surface area contributed by atoms with E-state index < -0.39 is 11.7 Å². The number of hydrogen-bond acceptors (Lipinski definition) is 5. The van der Waals surface area contributed by atoms with Crippen LogP contribution < -0.4 is 10.6 Å². The Labute approximate surface area is 138 Å². The Morgan fingerprint density at radius 2 is 2.00 bits per heavy atom. The van der Waals surface area contributed by atoms with E-state index in [2.05, 4.69) is 21.8 Å². The average Bonchev–Trinajstić information content (AvgIpc) is 2.89. The number of nitrogens with zero attached hydrogens (tertiary/aromatic N) is 3. The van der Waals surface area contributed by atoms with Gasteiger partial charge in [-0.1, -0.05) is 6.07 Å². The minimum Gasteiger partial charge on any atom is -0.366 e. The van der Waals surface area contributed by atoms with E-state index in [9.17, 15) is 9.18 Å². The van der Waals surface area contributed by atoms with Gasteiger partial charge in [0.05, 0.1) is 11.3 Å². The number of halogens is 1. The number of carbonyl (C=O) groups is 1. The summed E-state index contributed by atoms with van der Waals surface area (Å²) in [4.78, 5) is 21.4. The third kappa shape index (κ3) is 3.20. The van der Waals surface area contributed by atoms with Gasteiger partial charge in [-0.25, -0.2) is 9.37 Å². The van der Waals surface area contributed by atoms with Gasteiger partial charge >= 0.3 is 0 Å². The zero-order valence-corrected chi connectivity index (χ0v) is 14.0. The van der Waals surface area contributed by atoms with Crippen LogP contribution in [0.5, 0.6) is 0 Å². The molecule has 1 aliphatic rings. The summed E-state index contributed by atoms with van der Waals surface area (Å²) < 4.78 is 14.0. The molecule has 0 spiro atoms. The van der Waals surface area contributed by atoms with Crippen molar-refractivity contribution in [3.63, 3.8) is 0 Å². The van der Waals surface area contributed by atoms with Crippen LogP contribution in [0.15, 0.2) is 18.2 Å². The van der Waals surface area contributed by atoms with Crippen molar-refractivity contribution >= 4 is 22.4 Å². The summed E-state index contributed by atoms with van der Waals surface area (Å²) >= 11 is 1.62. The van der Waals surface area contributed by atoms with Crippen LogP contribution in [-0.4, -0.2) is 49.0 Å². The number of aromatic nitrogens is 1. The van der Waals surface area contributed by atoms with Crippen LogP contribution in [0.1, 0.15) is 15.2 Å². The summed E-state index contributed by atoms with van der Waals surface area (Å²) in [6.07, 6.45) is 0. The van der Waals surface area contributed by atoms with Crippen LogP contribution in [0.4, 0.5) is 9.52 Å². The summed E-state index contributed by atoms with van der Waals surface area (Å²) in [7, 11) is 2.11. The number of primary amides is 1. The first-order valence-electron chi connectivity index (χ1n) is 7.46. The molecule has 7 heteroatoms. The van der Waals surface area contributed by atoms with Crippen molar-refractivity contribution in [2.75, 3.05) is 38.1 Å². The third-order valence-corrected chi connectivity index (χ3v) is 5.10. The third-order valence-electron chi connectivity index (χ3n) is 4.07. The first-order chi connectivity index (χ1) is 11.0. The van der Waals surface area contributed by atoms with Crippen LogP contribution in [0.3, 0.4) is 0 Å². The van der Waals surface area contributed by atoms with Gasteiger partial charge in [-0.05, 0) is 26.1 Å². The number of thiazole rings is 1. The smallest absolute Gasteiger partial charge is 0.251 e. The van der Waals surface area contributed by atoms with E-state index in [1.54, 1.807) is 17.4 Å². The molecular formula is C16H19FN4OS. The highest BCUT2D eigenvalue weighted by molar-refractivity contribution is 7.16. The monoisotopic (exact) mass is 334 g/mol. The van der Waals surface area contributed by atoms with Gasteiger partial charge in [-0.15, -0.1) is 11.3 Å². The van der Waals surface area contributed by atoms with Crippen LogP contribution in [0.2, 0.25) is 0 Å². The fraction of sp³-hybridized carbons (Fsp3) is 0.375. The molecule has 23 heavy (non-hydrogen) atoms. The fourth-order valence-corrected chi connectivity index (χ4v) is 3.63. The highest BCUT2D eigenvalue weighted by Crippen LogP contribution is 2.33. The zero-order valence-electron chi connectivity index (χ0n) is 13.2. The van der Waals surface area contributed by atoms with Gasteiger partial charge in [0.15, 0.2) is 5.13 Å². The standard InChI is InChI=1S/C16H19FN4OS/c1-10-14(11-3-4-12(15(18)22)13(17)9-11)19-16(23-10)21-7-5-20(2)6-8-21/h3-4,9H,5-8H2,1-2H3,(H2,18,22). The number of piperazine rings is 1. The number of benzene rings is 1. The summed E-state index contributed by atoms with van der Waals surface area (Å²) in [5, 5.41) is 0.963. The highest BCUT2D eigenvalue weighted by atomic mass is 32.1. The molecule has 0 bridgehead atoms. The fourth-order valence-electron chi connectivity index (χ4n) is 2.65. The maximum absolute atomic E-state index is 14.0. The van der Waals surface area contributed by atoms with Crippen molar-refractivity contribution < 1.29 is 9.18 Å². The molecule has 0 unspecified atom stereocenters. The molecule has 1 aromatic carbocycles. The molecule has 1 saturated heterocycles. The van der Waals surface area contributed by atoms with Crippen molar-refractivity contribution in [3.05, 3.63) is 34.5 Å². The molecule has 2 N–H and O–H groups in total. The molecule has 5 nitrogen and oxygen atoms in total. The van der Waals surface area contributed by atoms with Gasteiger partial charge in [-0.3, -0.25) is 4.79 Å². The normalized spacial score (nSPS) is 15.9. The number of aryl methyl sites for hydroxylation is 1. The number of hydrogen-bond donors (Lipinski definition) is 1. The van der Waals surface area contributed by atoms with Gasteiger partial charge in [0.1, 0.15) is 5.82 Å². The lowest BCUT2D eigenvalue weighted by Crippen LogP contribution is -2.44. The van der Waals surface area contributed by atoms with E-state index in [0.29, 0.717) is 5.56 Å². The molecule has 1 aliphatic heterocycles. The van der Waals surface area contributed by atoms with Crippen molar-refractivity contribution in [2.45, 2.75) is 6.92 Å². The van der Waals surface area contributed by atoms with E-state index >= 15 is 0 Å². The van der Waals surface area contributed by atoms with E-state index in [-0.39, 0.29) is 5.56 Å². The SMILES string of the molecule is Cc1sc(N2CCN(C)CC2)nc1-c1ccc(C(N)=O)c(F)c1. The Bertz CT molecular complexity index is 738. The van der Waals surface area contributed by atoms with Crippen molar-refractivity contribution in [2.24, 2.45) is 5.73 Å². The lowest BCUT2D eigenvalue weighted by atomic mass is 10.1. The molecule has 0 radical (unpaired) electrons. The summed E-state index contributed by atoms with van der Waals surface area (Å²) in [6, 6.07) is 4.44. The molecule has 1 fully saturated rings. The second-order valence-corrected chi connectivity index (χ2v) is 6.93. The first-order valence-corrected chi connectivity index (χ1v) is 8.28. The van der Waals surface area contributed by atoms with Crippen LogP contribution in [0.25, 0.3) is 11.3 Å². The van der Waals surface area contributed by atoms with E-state index in [0.717, 1.165) is 41.9 Å². The number of amides is 1. The molecule has 122 valence electrons. The predicted octanol–water partition coefficient (Wildman–Crippen LogP) is 2.11. The lowest BCUT2D eigenvalue weighted by molar-refractivity contribution is 0.0996. The Balaban J connectivity index is 1.89. The number of anilines is 1. The molecule has 0 saturated carbocycles. The summed E-state index contributed by atoms with van der Waals surface area (Å²) in [5.74, 6) is -1.37. The largest absolute Gasteiger partial charge is 0.366 e. The van der Waals surface area contributed by atoms with Gasteiger partial charge in [0.2, 0.25) is 0 Å². The minimum atomic E-state index is -0.762. The molecule has 1 amide bonds. The highest BCUT2D eigenvalue weighted by Gasteiger charge is 2.20. The summed E-state index contributed by atoms with van der Waals surface area (Å²) in [5.41, 5.74) is 6.48. The minimum absolute atomic E-state index is 0.0964. The Morgan fingerprint density at radius 3 is 2.61 bits per heavy atom. The number of rotatable bonds is 3. The summed E-state index contributed by atoms with van der Waals surface area (Å²) in [6.45, 7) is 5.88. The molecule has 2 aromatic rings. The molecule has 1 aromatic heterocycles. The van der Waals surface area contributed by atoms with E-state index in [1.807, 2.05) is 6.92 Å². The quantitative estimate of drug-likeness (QED) is 0.934. The Kier molecular flexibility index (Phi) is 4.32. The van der Waals surface area contributed by atoms with Crippen LogP contribution >= 0.6 is 11.3 Å². The first kappa shape index (κ1) is 15.9. The Morgan fingerprint density at radius 1 is 1.30 bits per heavy atom. The van der Waals surface area contributed by atoms with E-state index in [4.69, 9.17) is 5.73 Å². The van der Waals surface area contributed by atoms with Gasteiger partial charge in [-0.2, -0.15) is 0 Å². The Hall–Kier alpha value is -1.99. The maximum Gasteiger partial charge on any atom is 0.251 e. The van der Waals surface area contributed by atoms with Gasteiger partial charge in [0.25, 0.3) is 5.91 Å². The second kappa shape index (κ2) is 6.25. The van der Waals surface area contributed by atoms with Crippen molar-refractivity contribution in [3.8, 4) is 11.3 Å². The van der Waals surface area contributed by atoms with Gasteiger partial charge in [0, 0.05) is 36.6 Å². The van der Waals surface area contributed by atoms with Crippen molar-refractivity contribution in [1.29, 1.82) is 0 Å². The number of carbonyl (C=O) groups excluding carboxylic acids is 1. The lowest BCUT2D eigenvalue weighted by Gasteiger charge is -2.32. The zero-order chi connectivity index (χ0) is 16.6. The van der Waals surface area contributed by atoms with Crippen molar-refractivity contribution in [1.82, 2.24) is 9.88 Å².